The Morgan fingerprint density at radius 3 is 2.41 bits per heavy atom. The number of anilines is 2. The molecule has 2 heterocycles. The molecule has 4 aromatic rings. The van der Waals surface area contributed by atoms with E-state index in [2.05, 4.69) is 20.3 Å². The highest BCUT2D eigenvalue weighted by atomic mass is 35.5. The molecule has 0 radical (unpaired) electrons. The summed E-state index contributed by atoms with van der Waals surface area (Å²) in [5.41, 5.74) is 2.67. The Kier molecular flexibility index (Phi) is 6.70. The number of amides is 1. The number of fused-ring (bicyclic) bond motifs is 1. The quantitative estimate of drug-likeness (QED) is 0.323. The van der Waals surface area contributed by atoms with E-state index >= 15 is 0 Å². The number of hydrogen-bond acceptors (Lipinski definition) is 7. The van der Waals surface area contributed by atoms with Gasteiger partial charge in [0, 0.05) is 38.5 Å². The van der Waals surface area contributed by atoms with Crippen molar-refractivity contribution in [2.45, 2.75) is 13.3 Å². The van der Waals surface area contributed by atoms with Crippen LogP contribution in [0.15, 0.2) is 60.7 Å². The lowest BCUT2D eigenvalue weighted by atomic mass is 10.1. The molecule has 0 saturated carbocycles. The smallest absolute Gasteiger partial charge is 0.308 e. The molecule has 4 rings (SSSR count). The van der Waals surface area contributed by atoms with Crippen LogP contribution in [0.25, 0.3) is 10.9 Å². The molecule has 2 aromatic heterocycles. The van der Waals surface area contributed by atoms with Gasteiger partial charge in [-0.2, -0.15) is 0 Å². The van der Waals surface area contributed by atoms with Crippen molar-refractivity contribution in [1.29, 1.82) is 0 Å². The first kappa shape index (κ1) is 23.1. The van der Waals surface area contributed by atoms with Crippen LogP contribution in [0, 0.1) is 0 Å². The fourth-order valence-corrected chi connectivity index (χ4v) is 3.56. The number of para-hydroxylation sites is 1. The first-order valence-corrected chi connectivity index (χ1v) is 10.9. The van der Waals surface area contributed by atoms with Crippen molar-refractivity contribution in [3.05, 3.63) is 82.9 Å². The van der Waals surface area contributed by atoms with Crippen LogP contribution in [-0.2, 0) is 11.2 Å². The fraction of sp³-hybridized carbons (Fsp3) is 0.160. The van der Waals surface area contributed by atoms with Gasteiger partial charge in [0.25, 0.3) is 5.91 Å². The van der Waals surface area contributed by atoms with Gasteiger partial charge in [0.1, 0.15) is 11.5 Å². The summed E-state index contributed by atoms with van der Waals surface area (Å²) >= 11 is 6.26. The number of pyridine rings is 1. The van der Waals surface area contributed by atoms with Crippen LogP contribution >= 0.6 is 11.6 Å². The van der Waals surface area contributed by atoms with Crippen LogP contribution in [0.4, 0.5) is 11.5 Å². The summed E-state index contributed by atoms with van der Waals surface area (Å²) < 4.78 is 5.17. The van der Waals surface area contributed by atoms with Gasteiger partial charge in [-0.05, 0) is 29.8 Å². The second kappa shape index (κ2) is 9.84. The molecule has 0 fully saturated rings. The molecule has 9 heteroatoms. The highest BCUT2D eigenvalue weighted by molar-refractivity contribution is 6.31. The van der Waals surface area contributed by atoms with Crippen LogP contribution in [0.2, 0.25) is 5.15 Å². The third kappa shape index (κ3) is 5.29. The van der Waals surface area contributed by atoms with Crippen molar-refractivity contribution in [3.8, 4) is 5.75 Å². The van der Waals surface area contributed by atoms with Gasteiger partial charge in [0.15, 0.2) is 11.0 Å². The van der Waals surface area contributed by atoms with Crippen molar-refractivity contribution in [2.75, 3.05) is 24.3 Å². The van der Waals surface area contributed by atoms with E-state index in [1.165, 1.54) is 6.92 Å². The number of ether oxygens (including phenoxy) is 1. The molecule has 34 heavy (non-hydrogen) atoms. The lowest BCUT2D eigenvalue weighted by molar-refractivity contribution is -0.131. The average molecular weight is 476 g/mol. The molecule has 172 valence electrons. The van der Waals surface area contributed by atoms with Crippen molar-refractivity contribution in [2.24, 2.45) is 0 Å². The molecule has 0 spiro atoms. The molecule has 0 saturated heterocycles. The summed E-state index contributed by atoms with van der Waals surface area (Å²) in [6.45, 7) is 1.29. The Morgan fingerprint density at radius 2 is 1.71 bits per heavy atom. The molecule has 1 N–H and O–H groups in total. The van der Waals surface area contributed by atoms with Crippen LogP contribution < -0.4 is 15.0 Å². The Hall–Kier alpha value is -4.04. The van der Waals surface area contributed by atoms with Crippen molar-refractivity contribution < 1.29 is 14.3 Å². The number of benzene rings is 2. The highest BCUT2D eigenvalue weighted by Crippen LogP contribution is 2.32. The van der Waals surface area contributed by atoms with E-state index in [0.717, 1.165) is 16.5 Å². The molecule has 0 aliphatic carbocycles. The molecular weight excluding hydrogens is 454 g/mol. The van der Waals surface area contributed by atoms with Crippen LogP contribution in [-0.4, -0.2) is 40.9 Å². The maximum Gasteiger partial charge on any atom is 0.308 e. The normalized spacial score (nSPS) is 10.7. The fourth-order valence-electron chi connectivity index (χ4n) is 3.34. The first-order valence-electron chi connectivity index (χ1n) is 10.5. The van der Waals surface area contributed by atoms with Gasteiger partial charge in [-0.25, -0.2) is 15.0 Å². The van der Waals surface area contributed by atoms with E-state index in [1.54, 1.807) is 37.2 Å². The number of aromatic nitrogens is 3. The standard InChI is InChI=1S/C25H22ClN5O3/c1-15(32)34-22-23(26)29-21(30-24(22)31(2)3)14-16-8-11-18(12-9-16)27-25(33)20-13-10-17-6-4-5-7-19(17)28-20/h4-13H,14H2,1-3H3,(H,27,33). The Balaban J connectivity index is 1.48. The molecule has 1 amide bonds. The molecule has 0 bridgehead atoms. The van der Waals surface area contributed by atoms with E-state index in [0.29, 0.717) is 29.4 Å². The molecule has 0 aliphatic heterocycles. The highest BCUT2D eigenvalue weighted by Gasteiger charge is 2.18. The summed E-state index contributed by atoms with van der Waals surface area (Å²) in [6, 6.07) is 18.6. The number of carbonyl (C=O) groups excluding carboxylic acids is 2. The summed E-state index contributed by atoms with van der Waals surface area (Å²) in [5, 5.41) is 3.91. The van der Waals surface area contributed by atoms with E-state index in [-0.39, 0.29) is 16.8 Å². The van der Waals surface area contributed by atoms with Crippen LogP contribution in [0.3, 0.4) is 0 Å². The average Bonchev–Trinajstić information content (AvgIpc) is 2.81. The lowest BCUT2D eigenvalue weighted by Crippen LogP contribution is -2.16. The van der Waals surface area contributed by atoms with Gasteiger partial charge in [-0.3, -0.25) is 9.59 Å². The number of nitrogens with one attached hydrogen (secondary N) is 1. The third-order valence-electron chi connectivity index (χ3n) is 4.93. The number of hydrogen-bond donors (Lipinski definition) is 1. The summed E-state index contributed by atoms with van der Waals surface area (Å²) in [4.78, 5) is 38.9. The van der Waals surface area contributed by atoms with Gasteiger partial charge in [0.05, 0.1) is 5.52 Å². The van der Waals surface area contributed by atoms with Gasteiger partial charge in [-0.15, -0.1) is 0 Å². The molecular formula is C25H22ClN5O3. The molecule has 8 nitrogen and oxygen atoms in total. The largest absolute Gasteiger partial charge is 0.419 e. The van der Waals surface area contributed by atoms with Crippen molar-refractivity contribution >= 4 is 45.9 Å². The van der Waals surface area contributed by atoms with Gasteiger partial charge in [-0.1, -0.05) is 48.0 Å². The predicted octanol–water partition coefficient (Wildman–Crippen LogP) is 4.51. The number of rotatable bonds is 6. The van der Waals surface area contributed by atoms with Crippen LogP contribution in [0.5, 0.6) is 5.75 Å². The third-order valence-corrected chi connectivity index (χ3v) is 5.18. The SMILES string of the molecule is CC(=O)Oc1c(Cl)nc(Cc2ccc(NC(=O)c3ccc4ccccc4n3)cc2)nc1N(C)C. The minimum atomic E-state index is -0.502. The van der Waals surface area contributed by atoms with E-state index in [4.69, 9.17) is 16.3 Å². The van der Waals surface area contributed by atoms with Crippen molar-refractivity contribution in [1.82, 2.24) is 15.0 Å². The van der Waals surface area contributed by atoms with E-state index in [1.807, 2.05) is 42.5 Å². The first-order chi connectivity index (χ1) is 16.3. The summed E-state index contributed by atoms with van der Waals surface area (Å²) in [5.74, 6) is 0.227. The number of halogens is 1. The zero-order valence-electron chi connectivity index (χ0n) is 18.9. The maximum atomic E-state index is 12.6. The Labute approximate surface area is 201 Å². The van der Waals surface area contributed by atoms with Gasteiger partial charge >= 0.3 is 5.97 Å². The zero-order valence-corrected chi connectivity index (χ0v) is 19.6. The molecule has 2 aromatic carbocycles. The predicted molar refractivity (Wildman–Crippen MR) is 132 cm³/mol. The minimum absolute atomic E-state index is 0.0654. The monoisotopic (exact) mass is 475 g/mol. The van der Waals surface area contributed by atoms with E-state index in [9.17, 15) is 9.59 Å². The number of nitrogens with zero attached hydrogens (tertiary/aromatic N) is 4. The van der Waals surface area contributed by atoms with E-state index < -0.39 is 5.97 Å². The molecule has 0 atom stereocenters. The maximum absolute atomic E-state index is 12.6. The molecule has 0 aliphatic rings. The Bertz CT molecular complexity index is 1370. The van der Waals surface area contributed by atoms with Gasteiger partial charge < -0.3 is 15.0 Å². The Morgan fingerprint density at radius 1 is 0.971 bits per heavy atom. The number of esters is 1. The zero-order chi connectivity index (χ0) is 24.2. The lowest BCUT2D eigenvalue weighted by Gasteiger charge is -2.17. The van der Waals surface area contributed by atoms with Gasteiger partial charge in [0.2, 0.25) is 5.75 Å². The van der Waals surface area contributed by atoms with Crippen molar-refractivity contribution in [3.63, 3.8) is 0 Å². The second-order valence-electron chi connectivity index (χ2n) is 7.79. The summed E-state index contributed by atoms with van der Waals surface area (Å²) in [7, 11) is 3.55. The van der Waals surface area contributed by atoms with Crippen LogP contribution in [0.1, 0.15) is 28.8 Å². The number of carbonyl (C=O) groups is 2. The topological polar surface area (TPSA) is 97.3 Å². The second-order valence-corrected chi connectivity index (χ2v) is 8.15. The summed E-state index contributed by atoms with van der Waals surface area (Å²) in [6.07, 6.45) is 0.404. The molecule has 0 unspecified atom stereocenters. The minimum Gasteiger partial charge on any atom is -0.419 e.